The van der Waals surface area contributed by atoms with E-state index in [1.54, 1.807) is 12.1 Å². The molecule has 0 saturated heterocycles. The Bertz CT molecular complexity index is 493. The first-order valence-electron chi connectivity index (χ1n) is 5.44. The van der Waals surface area contributed by atoms with Crippen molar-refractivity contribution in [2.24, 2.45) is 0 Å². The predicted octanol–water partition coefficient (Wildman–Crippen LogP) is 1.36. The number of hydrogen-bond acceptors (Lipinski definition) is 5. The van der Waals surface area contributed by atoms with E-state index >= 15 is 0 Å². The molecule has 0 N–H and O–H groups in total. The average Bonchev–Trinajstić information content (AvgIpc) is 2.28. The maximum absolute atomic E-state index is 11.7. The fraction of sp³-hybridized carbons (Fsp3) is 0.455. The molecule has 1 aromatic rings. The molecule has 0 aliphatic rings. The molecule has 0 aliphatic carbocycles. The molecule has 102 valence electrons. The van der Waals surface area contributed by atoms with Crippen LogP contribution >= 0.6 is 0 Å². The monoisotopic (exact) mass is 291 g/mol. The van der Waals surface area contributed by atoms with Crippen LogP contribution in [0.4, 0.5) is 0 Å². The molecule has 1 rings (SSSR count). The van der Waals surface area contributed by atoms with Gasteiger partial charge in [0.05, 0.1) is 11.5 Å². The standard InChI is InChI=1S/C11H16O5S2/c1-10-4-6-11(7-5-10)18(14,15)16-8-2-3-9-17(12)13/h4-7H,2-3,8-9H2,1H3,(H,12,13)/p-1. The molecule has 1 unspecified atom stereocenters. The van der Waals surface area contributed by atoms with Gasteiger partial charge in [-0.15, -0.1) is 0 Å². The number of rotatable bonds is 7. The van der Waals surface area contributed by atoms with Crippen molar-refractivity contribution in [1.82, 2.24) is 0 Å². The second kappa shape index (κ2) is 6.98. The molecule has 1 atom stereocenters. The van der Waals surface area contributed by atoms with Crippen LogP contribution in [0.1, 0.15) is 18.4 Å². The van der Waals surface area contributed by atoms with Crippen LogP contribution in [0.5, 0.6) is 0 Å². The van der Waals surface area contributed by atoms with Crippen LogP contribution in [-0.4, -0.2) is 29.5 Å². The Labute approximate surface area is 110 Å². The van der Waals surface area contributed by atoms with E-state index in [1.165, 1.54) is 12.1 Å². The van der Waals surface area contributed by atoms with Crippen molar-refractivity contribution in [3.05, 3.63) is 29.8 Å². The fourth-order valence-electron chi connectivity index (χ4n) is 1.26. The summed E-state index contributed by atoms with van der Waals surface area (Å²) in [5.41, 5.74) is 0.965. The van der Waals surface area contributed by atoms with Gasteiger partial charge in [0.2, 0.25) is 0 Å². The first kappa shape index (κ1) is 15.3. The zero-order chi connectivity index (χ0) is 13.6. The Morgan fingerprint density at radius 2 is 1.83 bits per heavy atom. The minimum atomic E-state index is -3.73. The third-order valence-electron chi connectivity index (χ3n) is 2.25. The maximum atomic E-state index is 11.7. The molecule has 0 aliphatic heterocycles. The van der Waals surface area contributed by atoms with Gasteiger partial charge < -0.3 is 4.55 Å². The van der Waals surface area contributed by atoms with Crippen molar-refractivity contribution in [2.45, 2.75) is 24.7 Å². The minimum Gasteiger partial charge on any atom is -0.772 e. The molecule has 0 aromatic heterocycles. The normalized spacial score (nSPS) is 13.4. The number of hydrogen-bond donors (Lipinski definition) is 0. The lowest BCUT2D eigenvalue weighted by Gasteiger charge is -2.07. The summed E-state index contributed by atoms with van der Waals surface area (Å²) in [6.45, 7) is 1.85. The van der Waals surface area contributed by atoms with Gasteiger partial charge in [-0.2, -0.15) is 8.42 Å². The third kappa shape index (κ3) is 5.26. The van der Waals surface area contributed by atoms with Gasteiger partial charge in [-0.3, -0.25) is 8.39 Å². The fourth-order valence-corrected chi connectivity index (χ4v) is 2.65. The predicted molar refractivity (Wildman–Crippen MR) is 67.3 cm³/mol. The highest BCUT2D eigenvalue weighted by molar-refractivity contribution is 7.86. The Kier molecular flexibility index (Phi) is 5.94. The number of benzene rings is 1. The Balaban J connectivity index is 2.45. The van der Waals surface area contributed by atoms with Crippen LogP contribution in [-0.2, 0) is 25.4 Å². The molecule has 18 heavy (non-hydrogen) atoms. The molecule has 0 amide bonds. The van der Waals surface area contributed by atoms with E-state index < -0.39 is 21.2 Å². The van der Waals surface area contributed by atoms with Crippen molar-refractivity contribution in [1.29, 1.82) is 0 Å². The summed E-state index contributed by atoms with van der Waals surface area (Å²) in [6.07, 6.45) is 0.776. The highest BCUT2D eigenvalue weighted by Crippen LogP contribution is 2.13. The third-order valence-corrected chi connectivity index (χ3v) is 4.20. The molecule has 1 aromatic carbocycles. The second-order valence-electron chi connectivity index (χ2n) is 3.80. The molecule has 0 radical (unpaired) electrons. The molecule has 0 heterocycles. The quantitative estimate of drug-likeness (QED) is 0.430. The van der Waals surface area contributed by atoms with E-state index in [0.29, 0.717) is 12.8 Å². The topological polar surface area (TPSA) is 83.5 Å². The summed E-state index contributed by atoms with van der Waals surface area (Å²) in [5, 5.41) is 0. The number of unbranched alkanes of at least 4 members (excludes halogenated alkanes) is 1. The minimum absolute atomic E-state index is 0.00654. The number of aryl methyl sites for hydroxylation is 1. The molecule has 0 bridgehead atoms. The summed E-state index contributed by atoms with van der Waals surface area (Å²) < 4.78 is 48.7. The summed E-state index contributed by atoms with van der Waals surface area (Å²) in [7, 11) is -3.73. The van der Waals surface area contributed by atoms with Crippen LogP contribution in [0, 0.1) is 6.92 Å². The van der Waals surface area contributed by atoms with E-state index in [4.69, 9.17) is 4.18 Å². The lowest BCUT2D eigenvalue weighted by molar-refractivity contribution is 0.311. The van der Waals surface area contributed by atoms with E-state index in [1.807, 2.05) is 6.92 Å². The van der Waals surface area contributed by atoms with Crippen LogP contribution in [0.15, 0.2) is 29.2 Å². The molecule has 7 heteroatoms. The SMILES string of the molecule is Cc1ccc(S(=O)(=O)OCCCCS(=O)[O-])cc1. The highest BCUT2D eigenvalue weighted by Gasteiger charge is 2.14. The van der Waals surface area contributed by atoms with Crippen molar-refractivity contribution >= 4 is 21.2 Å². The highest BCUT2D eigenvalue weighted by atomic mass is 32.2. The van der Waals surface area contributed by atoms with Gasteiger partial charge in [0.1, 0.15) is 0 Å². The van der Waals surface area contributed by atoms with Gasteiger partial charge in [0.25, 0.3) is 10.1 Å². The molecular weight excluding hydrogens is 276 g/mol. The molecule has 5 nitrogen and oxygen atoms in total. The van der Waals surface area contributed by atoms with Crippen molar-refractivity contribution < 1.29 is 21.4 Å². The molecule has 0 spiro atoms. The lowest BCUT2D eigenvalue weighted by atomic mass is 10.2. The Hall–Kier alpha value is -0.760. The summed E-state index contributed by atoms with van der Waals surface area (Å²) in [4.78, 5) is 0.112. The van der Waals surface area contributed by atoms with Gasteiger partial charge >= 0.3 is 0 Å². The average molecular weight is 291 g/mol. The largest absolute Gasteiger partial charge is 0.772 e. The summed E-state index contributed by atoms with van der Waals surface area (Å²) >= 11 is -2.08. The van der Waals surface area contributed by atoms with Crippen LogP contribution in [0.25, 0.3) is 0 Å². The van der Waals surface area contributed by atoms with Crippen LogP contribution < -0.4 is 0 Å². The van der Waals surface area contributed by atoms with Crippen LogP contribution in [0.3, 0.4) is 0 Å². The molecule has 0 fully saturated rings. The summed E-state index contributed by atoms with van der Waals surface area (Å²) in [6, 6.07) is 6.35. The Morgan fingerprint density at radius 1 is 1.22 bits per heavy atom. The van der Waals surface area contributed by atoms with Crippen molar-refractivity contribution in [2.75, 3.05) is 12.4 Å². The Morgan fingerprint density at radius 3 is 2.39 bits per heavy atom. The van der Waals surface area contributed by atoms with Gasteiger partial charge in [0.15, 0.2) is 0 Å². The van der Waals surface area contributed by atoms with Gasteiger partial charge in [-0.1, -0.05) is 28.8 Å². The first-order valence-corrected chi connectivity index (χ1v) is 8.09. The van der Waals surface area contributed by atoms with E-state index in [2.05, 4.69) is 0 Å². The summed E-state index contributed by atoms with van der Waals surface area (Å²) in [5.74, 6) is 0.0218. The van der Waals surface area contributed by atoms with Gasteiger partial charge in [0, 0.05) is 5.75 Å². The van der Waals surface area contributed by atoms with Crippen molar-refractivity contribution in [3.63, 3.8) is 0 Å². The zero-order valence-electron chi connectivity index (χ0n) is 10.00. The zero-order valence-corrected chi connectivity index (χ0v) is 11.6. The smallest absolute Gasteiger partial charge is 0.296 e. The van der Waals surface area contributed by atoms with Gasteiger partial charge in [-0.25, -0.2) is 0 Å². The molecule has 0 saturated carbocycles. The van der Waals surface area contributed by atoms with Crippen molar-refractivity contribution in [3.8, 4) is 0 Å². The lowest BCUT2D eigenvalue weighted by Crippen LogP contribution is -2.08. The maximum Gasteiger partial charge on any atom is 0.296 e. The first-order chi connectivity index (χ1) is 8.42. The van der Waals surface area contributed by atoms with E-state index in [-0.39, 0.29) is 17.3 Å². The van der Waals surface area contributed by atoms with E-state index in [0.717, 1.165) is 5.56 Å². The molecular formula is C11H15O5S2-. The van der Waals surface area contributed by atoms with Gasteiger partial charge in [-0.05, 0) is 31.9 Å². The second-order valence-corrected chi connectivity index (χ2v) is 6.44. The van der Waals surface area contributed by atoms with E-state index in [9.17, 15) is 17.2 Å². The van der Waals surface area contributed by atoms with Crippen LogP contribution in [0.2, 0.25) is 0 Å².